The van der Waals surface area contributed by atoms with Crippen molar-refractivity contribution in [2.24, 2.45) is 5.14 Å². The number of aryl methyl sites for hydroxylation is 3. The van der Waals surface area contributed by atoms with Crippen LogP contribution in [0.3, 0.4) is 0 Å². The second-order valence-electron chi connectivity index (χ2n) is 8.62. The Morgan fingerprint density at radius 3 is 2.51 bits per heavy atom. The smallest absolute Gasteiger partial charge is 0.352 e. The van der Waals surface area contributed by atoms with Crippen molar-refractivity contribution < 1.29 is 13.2 Å². The zero-order chi connectivity index (χ0) is 25.3. The molecule has 0 radical (unpaired) electrons. The first-order valence-corrected chi connectivity index (χ1v) is 13.7. The second kappa shape index (κ2) is 9.96. The van der Waals surface area contributed by atoms with E-state index in [9.17, 15) is 13.2 Å². The monoisotopic (exact) mass is 512 g/mol. The van der Waals surface area contributed by atoms with E-state index in [0.29, 0.717) is 17.9 Å². The van der Waals surface area contributed by atoms with Gasteiger partial charge in [0, 0.05) is 5.57 Å². The predicted molar refractivity (Wildman–Crippen MR) is 138 cm³/mol. The van der Waals surface area contributed by atoms with E-state index in [-0.39, 0.29) is 22.4 Å². The summed E-state index contributed by atoms with van der Waals surface area (Å²) in [7, 11) is -4.18. The zero-order valence-electron chi connectivity index (χ0n) is 20.2. The molecule has 4 rings (SSSR count). The van der Waals surface area contributed by atoms with E-state index in [4.69, 9.17) is 9.88 Å². The Kier molecular flexibility index (Phi) is 7.16. The average Bonchev–Trinajstić information content (AvgIpc) is 3.17. The minimum Gasteiger partial charge on any atom is -0.492 e. The lowest BCUT2D eigenvalue weighted by Crippen LogP contribution is -2.26. The highest BCUT2D eigenvalue weighted by atomic mass is 32.2. The van der Waals surface area contributed by atoms with E-state index >= 15 is 0 Å². The van der Waals surface area contributed by atoms with Gasteiger partial charge in [-0.25, -0.2) is 23.3 Å². The molecule has 2 heterocycles. The number of sulfonamides is 1. The van der Waals surface area contributed by atoms with Gasteiger partial charge in [-0.15, -0.1) is 0 Å². The molecule has 0 fully saturated rings. The van der Waals surface area contributed by atoms with Crippen molar-refractivity contribution in [2.45, 2.75) is 57.1 Å². The highest BCUT2D eigenvalue weighted by molar-refractivity contribution is 7.99. The van der Waals surface area contributed by atoms with Gasteiger partial charge in [0.05, 0.1) is 18.0 Å². The SMILES string of the molecule is CCCCOc1ccc(C)cc1Sc1nc2n(c(=O)n1)CC(c1cc(C)ccc1C)=C2S(N)(=O)=O. The molecule has 8 nitrogen and oxygen atoms in total. The molecule has 0 saturated heterocycles. The third-order valence-corrected chi connectivity index (χ3v) is 7.63. The topological polar surface area (TPSA) is 117 Å². The molecule has 2 aromatic carbocycles. The summed E-state index contributed by atoms with van der Waals surface area (Å²) in [5.41, 5.74) is 3.44. The van der Waals surface area contributed by atoms with Crippen LogP contribution < -0.4 is 15.6 Å². The number of fused-ring (bicyclic) bond motifs is 1. The van der Waals surface area contributed by atoms with Crippen molar-refractivity contribution in [2.75, 3.05) is 6.61 Å². The Bertz CT molecular complexity index is 1490. The van der Waals surface area contributed by atoms with Crippen molar-refractivity contribution in [3.05, 3.63) is 75.0 Å². The second-order valence-corrected chi connectivity index (χ2v) is 11.1. The number of benzene rings is 2. The van der Waals surface area contributed by atoms with E-state index in [1.165, 1.54) is 4.57 Å². The Morgan fingerprint density at radius 2 is 1.80 bits per heavy atom. The molecule has 10 heteroatoms. The molecule has 0 spiro atoms. The number of primary sulfonamides is 1. The van der Waals surface area contributed by atoms with Crippen LogP contribution in [-0.4, -0.2) is 29.6 Å². The van der Waals surface area contributed by atoms with Crippen LogP contribution in [-0.2, 0) is 16.6 Å². The van der Waals surface area contributed by atoms with Crippen LogP contribution in [0.5, 0.6) is 5.75 Å². The molecule has 0 bridgehead atoms. The van der Waals surface area contributed by atoms with Crippen molar-refractivity contribution in [1.82, 2.24) is 14.5 Å². The number of allylic oxidation sites excluding steroid dienone is 1. The molecule has 1 aromatic heterocycles. The summed E-state index contributed by atoms with van der Waals surface area (Å²) in [5, 5.41) is 5.78. The number of hydrogen-bond acceptors (Lipinski definition) is 7. The van der Waals surface area contributed by atoms with E-state index in [0.717, 1.165) is 51.8 Å². The molecule has 1 aliphatic heterocycles. The van der Waals surface area contributed by atoms with E-state index < -0.39 is 15.7 Å². The van der Waals surface area contributed by atoms with E-state index in [2.05, 4.69) is 16.9 Å². The van der Waals surface area contributed by atoms with E-state index in [1.807, 2.05) is 57.2 Å². The summed E-state index contributed by atoms with van der Waals surface area (Å²) in [6.45, 7) is 8.45. The summed E-state index contributed by atoms with van der Waals surface area (Å²) in [6.07, 6.45) is 1.92. The number of hydrogen-bond donors (Lipinski definition) is 1. The molecule has 0 atom stereocenters. The van der Waals surface area contributed by atoms with Crippen LogP contribution in [0.2, 0.25) is 0 Å². The minimum atomic E-state index is -4.18. The summed E-state index contributed by atoms with van der Waals surface area (Å²) in [5.74, 6) is 0.670. The van der Waals surface area contributed by atoms with Gasteiger partial charge in [-0.1, -0.05) is 43.2 Å². The molecule has 1 aliphatic rings. The molecule has 0 unspecified atom stereocenters. The maximum Gasteiger partial charge on any atom is 0.352 e. The van der Waals surface area contributed by atoms with Crippen molar-refractivity contribution in [1.29, 1.82) is 0 Å². The van der Waals surface area contributed by atoms with Gasteiger partial charge in [0.15, 0.2) is 11.0 Å². The normalized spacial score (nSPS) is 13.3. The summed E-state index contributed by atoms with van der Waals surface area (Å²) in [4.78, 5) is 22.2. The zero-order valence-corrected chi connectivity index (χ0v) is 21.8. The van der Waals surface area contributed by atoms with Crippen LogP contribution in [0.4, 0.5) is 0 Å². The van der Waals surface area contributed by atoms with Gasteiger partial charge in [0.25, 0.3) is 0 Å². The van der Waals surface area contributed by atoms with Gasteiger partial charge in [0.2, 0.25) is 10.0 Å². The Hall–Kier alpha value is -2.95. The highest BCUT2D eigenvalue weighted by Gasteiger charge is 2.34. The third-order valence-electron chi connectivity index (χ3n) is 5.73. The van der Waals surface area contributed by atoms with Gasteiger partial charge in [0.1, 0.15) is 10.7 Å². The first kappa shape index (κ1) is 25.2. The molecule has 3 aromatic rings. The van der Waals surface area contributed by atoms with Crippen LogP contribution in [0.25, 0.3) is 10.5 Å². The quantitative estimate of drug-likeness (QED) is 0.452. The van der Waals surface area contributed by atoms with Gasteiger partial charge in [-0.2, -0.15) is 4.98 Å². The Balaban J connectivity index is 1.81. The van der Waals surface area contributed by atoms with Crippen LogP contribution in [0.1, 0.15) is 47.8 Å². The summed E-state index contributed by atoms with van der Waals surface area (Å²) < 4.78 is 32.6. The largest absolute Gasteiger partial charge is 0.492 e. The third kappa shape index (κ3) is 5.34. The van der Waals surface area contributed by atoms with Crippen LogP contribution in [0, 0.1) is 20.8 Å². The lowest BCUT2D eigenvalue weighted by atomic mass is 9.99. The number of rotatable bonds is 8. The molecule has 0 saturated carbocycles. The molecule has 2 N–H and O–H groups in total. The number of nitrogens with two attached hydrogens (primary N) is 1. The maximum absolute atomic E-state index is 13.0. The Labute approximate surface area is 209 Å². The standard InChI is InChI=1S/C25H28N4O4S2/c1-5-6-11-33-20-10-8-16(3)13-21(20)34-24-27-23-22(35(26,31)32)19(14-29(23)25(30)28-24)18-12-15(2)7-9-17(18)4/h7-10,12-13H,5-6,11,14H2,1-4H3,(H2,26,31,32). The first-order valence-electron chi connectivity index (χ1n) is 11.3. The highest BCUT2D eigenvalue weighted by Crippen LogP contribution is 2.38. The fourth-order valence-corrected chi connectivity index (χ4v) is 5.79. The summed E-state index contributed by atoms with van der Waals surface area (Å²) in [6, 6.07) is 11.5. The number of aromatic nitrogens is 3. The number of nitrogens with zero attached hydrogens (tertiary/aromatic N) is 3. The predicted octanol–water partition coefficient (Wildman–Crippen LogP) is 4.06. The van der Waals surface area contributed by atoms with Gasteiger partial charge in [-0.3, -0.25) is 4.57 Å². The van der Waals surface area contributed by atoms with E-state index in [1.54, 1.807) is 0 Å². The van der Waals surface area contributed by atoms with Crippen molar-refractivity contribution >= 4 is 32.3 Å². The lowest BCUT2D eigenvalue weighted by Gasteiger charge is -2.12. The van der Waals surface area contributed by atoms with Crippen LogP contribution >= 0.6 is 11.8 Å². The number of ether oxygens (including phenoxy) is 1. The van der Waals surface area contributed by atoms with Gasteiger partial charge < -0.3 is 4.74 Å². The molecule has 184 valence electrons. The molecular weight excluding hydrogens is 484 g/mol. The van der Waals surface area contributed by atoms with Crippen LogP contribution in [0.15, 0.2) is 51.2 Å². The summed E-state index contributed by atoms with van der Waals surface area (Å²) >= 11 is 1.16. The molecule has 35 heavy (non-hydrogen) atoms. The fraction of sp³-hybridized carbons (Fsp3) is 0.320. The van der Waals surface area contributed by atoms with Crippen molar-refractivity contribution in [3.8, 4) is 5.75 Å². The van der Waals surface area contributed by atoms with Crippen molar-refractivity contribution in [3.63, 3.8) is 0 Å². The van der Waals surface area contributed by atoms with Gasteiger partial charge in [-0.05, 0) is 67.8 Å². The number of unbranched alkanes of at least 4 members (excludes halogenated alkanes) is 1. The molecule has 0 aliphatic carbocycles. The van der Waals surface area contributed by atoms with Gasteiger partial charge >= 0.3 is 5.69 Å². The fourth-order valence-electron chi connectivity index (χ4n) is 3.94. The minimum absolute atomic E-state index is 0.00649. The average molecular weight is 513 g/mol. The molecule has 0 amide bonds. The molecular formula is C25H28N4O4S2. The lowest BCUT2D eigenvalue weighted by molar-refractivity contribution is 0.302. The maximum atomic E-state index is 13.0. The Morgan fingerprint density at radius 1 is 1.09 bits per heavy atom. The first-order chi connectivity index (χ1) is 16.6.